The molecule has 9 heteroatoms. The molecule has 1 aliphatic carbocycles. The second-order valence-corrected chi connectivity index (χ2v) is 9.52. The first kappa shape index (κ1) is 23.6. The summed E-state index contributed by atoms with van der Waals surface area (Å²) >= 11 is 7.48. The molecule has 0 radical (unpaired) electrons. The summed E-state index contributed by atoms with van der Waals surface area (Å²) in [5.74, 6) is 1.78. The van der Waals surface area contributed by atoms with E-state index in [1.165, 1.54) is 31.0 Å². The number of ether oxygens (including phenoxy) is 1. The van der Waals surface area contributed by atoms with Crippen molar-refractivity contribution in [2.45, 2.75) is 63.4 Å². The molecule has 2 aromatic heterocycles. The van der Waals surface area contributed by atoms with Gasteiger partial charge in [-0.15, -0.1) is 10.2 Å². The van der Waals surface area contributed by atoms with E-state index in [0.717, 1.165) is 40.8 Å². The Labute approximate surface area is 203 Å². The van der Waals surface area contributed by atoms with Crippen molar-refractivity contribution in [1.82, 2.24) is 25.1 Å². The third kappa shape index (κ3) is 6.48. The number of halogens is 1. The molecule has 0 unspecified atom stereocenters. The molecule has 1 amide bonds. The average Bonchev–Trinajstić information content (AvgIpc) is 3.25. The van der Waals surface area contributed by atoms with Gasteiger partial charge in [0, 0.05) is 17.3 Å². The monoisotopic (exact) mass is 485 g/mol. The summed E-state index contributed by atoms with van der Waals surface area (Å²) in [6, 6.07) is 11.6. The van der Waals surface area contributed by atoms with Gasteiger partial charge in [-0.25, -0.2) is 0 Å². The number of benzene rings is 1. The van der Waals surface area contributed by atoms with Crippen molar-refractivity contribution in [3.05, 3.63) is 64.7 Å². The van der Waals surface area contributed by atoms with E-state index in [0.29, 0.717) is 24.2 Å². The van der Waals surface area contributed by atoms with Gasteiger partial charge in [0.15, 0.2) is 11.0 Å². The summed E-state index contributed by atoms with van der Waals surface area (Å²) in [5.41, 5.74) is 1.81. The lowest BCUT2D eigenvalue weighted by Crippen LogP contribution is -2.25. The molecule has 0 aliphatic heterocycles. The fourth-order valence-corrected chi connectivity index (χ4v) is 5.08. The van der Waals surface area contributed by atoms with E-state index in [-0.39, 0.29) is 11.7 Å². The van der Waals surface area contributed by atoms with Crippen LogP contribution in [0.5, 0.6) is 5.75 Å². The third-order valence-corrected chi connectivity index (χ3v) is 6.87. The highest BCUT2D eigenvalue weighted by molar-refractivity contribution is 7.99. The van der Waals surface area contributed by atoms with Gasteiger partial charge in [0.1, 0.15) is 12.4 Å². The highest BCUT2D eigenvalue weighted by Gasteiger charge is 2.24. The molecule has 33 heavy (non-hydrogen) atoms. The van der Waals surface area contributed by atoms with Gasteiger partial charge in [-0.05, 0) is 55.7 Å². The van der Waals surface area contributed by atoms with Crippen LogP contribution in [0.2, 0.25) is 5.02 Å². The summed E-state index contributed by atoms with van der Waals surface area (Å²) in [6.45, 7) is 2.70. The second-order valence-electron chi connectivity index (χ2n) is 8.15. The number of hydrogen-bond donors (Lipinski definition) is 1. The van der Waals surface area contributed by atoms with E-state index in [2.05, 4.69) is 25.1 Å². The molecule has 1 fully saturated rings. The van der Waals surface area contributed by atoms with Crippen molar-refractivity contribution in [1.29, 1.82) is 0 Å². The van der Waals surface area contributed by atoms with Gasteiger partial charge in [0.2, 0.25) is 5.91 Å². The Morgan fingerprint density at radius 3 is 2.82 bits per heavy atom. The predicted octanol–water partition coefficient (Wildman–Crippen LogP) is 5.13. The van der Waals surface area contributed by atoms with Crippen LogP contribution >= 0.6 is 23.4 Å². The lowest BCUT2D eigenvalue weighted by atomic mass is 9.95. The Bertz CT molecular complexity index is 1070. The summed E-state index contributed by atoms with van der Waals surface area (Å²) in [4.78, 5) is 16.6. The lowest BCUT2D eigenvalue weighted by Gasteiger charge is -2.25. The first-order chi connectivity index (χ1) is 16.1. The van der Waals surface area contributed by atoms with Crippen LogP contribution in [0.3, 0.4) is 0 Å². The SMILES string of the molecule is Cc1cc(Cl)ccc1OCc1nnc(SCC(=O)NCc2ccccn2)n1C1CCCCC1. The number of aromatic nitrogens is 4. The van der Waals surface area contributed by atoms with Crippen LogP contribution in [0.1, 0.15) is 55.2 Å². The zero-order valence-electron chi connectivity index (χ0n) is 18.7. The highest BCUT2D eigenvalue weighted by Crippen LogP contribution is 2.33. The second kappa shape index (κ2) is 11.5. The van der Waals surface area contributed by atoms with Gasteiger partial charge in [-0.1, -0.05) is 48.7 Å². The molecule has 1 aliphatic rings. The maximum atomic E-state index is 12.4. The van der Waals surface area contributed by atoms with Gasteiger partial charge in [0.05, 0.1) is 18.0 Å². The fraction of sp³-hybridized carbons (Fsp3) is 0.417. The Kier molecular flexibility index (Phi) is 8.23. The van der Waals surface area contributed by atoms with Crippen LogP contribution in [-0.2, 0) is 17.9 Å². The van der Waals surface area contributed by atoms with E-state index in [9.17, 15) is 4.79 Å². The lowest BCUT2D eigenvalue weighted by molar-refractivity contribution is -0.118. The van der Waals surface area contributed by atoms with Crippen LogP contribution in [0.4, 0.5) is 0 Å². The van der Waals surface area contributed by atoms with Crippen LogP contribution in [0.15, 0.2) is 47.8 Å². The van der Waals surface area contributed by atoms with Crippen molar-refractivity contribution in [2.24, 2.45) is 0 Å². The molecule has 174 valence electrons. The minimum absolute atomic E-state index is 0.0570. The molecule has 0 spiro atoms. The maximum Gasteiger partial charge on any atom is 0.230 e. The van der Waals surface area contributed by atoms with Crippen molar-refractivity contribution in [2.75, 3.05) is 5.75 Å². The maximum absolute atomic E-state index is 12.4. The van der Waals surface area contributed by atoms with E-state index in [4.69, 9.17) is 16.3 Å². The molecule has 4 rings (SSSR count). The number of rotatable bonds is 9. The Balaban J connectivity index is 1.42. The number of amides is 1. The molecular weight excluding hydrogens is 458 g/mol. The van der Waals surface area contributed by atoms with Gasteiger partial charge >= 0.3 is 0 Å². The summed E-state index contributed by atoms with van der Waals surface area (Å²) in [6.07, 6.45) is 7.53. The van der Waals surface area contributed by atoms with Gasteiger partial charge in [0.25, 0.3) is 0 Å². The Morgan fingerprint density at radius 1 is 1.21 bits per heavy atom. The van der Waals surface area contributed by atoms with Crippen LogP contribution < -0.4 is 10.1 Å². The van der Waals surface area contributed by atoms with Crippen molar-refractivity contribution in [3.8, 4) is 5.75 Å². The molecule has 3 aromatic rings. The van der Waals surface area contributed by atoms with Crippen molar-refractivity contribution >= 4 is 29.3 Å². The van der Waals surface area contributed by atoms with Crippen molar-refractivity contribution < 1.29 is 9.53 Å². The number of pyridine rings is 1. The zero-order chi connectivity index (χ0) is 23.0. The normalized spacial score (nSPS) is 14.2. The number of nitrogens with zero attached hydrogens (tertiary/aromatic N) is 4. The fourth-order valence-electron chi connectivity index (χ4n) is 4.00. The molecular formula is C24H28ClN5O2S. The average molecular weight is 486 g/mol. The molecule has 0 bridgehead atoms. The largest absolute Gasteiger partial charge is 0.485 e. The number of thioether (sulfide) groups is 1. The minimum atomic E-state index is -0.0570. The molecule has 2 heterocycles. The first-order valence-electron chi connectivity index (χ1n) is 11.2. The van der Waals surface area contributed by atoms with Crippen LogP contribution in [-0.4, -0.2) is 31.4 Å². The van der Waals surface area contributed by atoms with Gasteiger partial charge in [-0.2, -0.15) is 0 Å². The number of nitrogens with one attached hydrogen (secondary N) is 1. The molecule has 1 aromatic carbocycles. The van der Waals surface area contributed by atoms with E-state index < -0.39 is 0 Å². The summed E-state index contributed by atoms with van der Waals surface area (Å²) < 4.78 is 8.24. The summed E-state index contributed by atoms with van der Waals surface area (Å²) in [7, 11) is 0. The minimum Gasteiger partial charge on any atom is -0.485 e. The molecule has 0 saturated heterocycles. The quantitative estimate of drug-likeness (QED) is 0.423. The standard InChI is InChI=1S/C24H28ClN5O2S/c1-17-13-18(25)10-11-21(17)32-15-22-28-29-24(30(22)20-8-3-2-4-9-20)33-16-23(31)27-14-19-7-5-6-12-26-19/h5-7,10-13,20H,2-4,8-9,14-16H2,1H3,(H,27,31). The summed E-state index contributed by atoms with van der Waals surface area (Å²) in [5, 5.41) is 13.2. The Morgan fingerprint density at radius 2 is 2.06 bits per heavy atom. The number of aryl methyl sites for hydroxylation is 1. The molecule has 1 N–H and O–H groups in total. The van der Waals surface area contributed by atoms with E-state index in [1.54, 1.807) is 6.20 Å². The topological polar surface area (TPSA) is 81.9 Å². The van der Waals surface area contributed by atoms with Crippen LogP contribution in [0, 0.1) is 6.92 Å². The van der Waals surface area contributed by atoms with Crippen molar-refractivity contribution in [3.63, 3.8) is 0 Å². The smallest absolute Gasteiger partial charge is 0.230 e. The van der Waals surface area contributed by atoms with Gasteiger partial charge < -0.3 is 10.1 Å². The number of carbonyl (C=O) groups is 1. The predicted molar refractivity (Wildman–Crippen MR) is 129 cm³/mol. The van der Waals surface area contributed by atoms with E-state index >= 15 is 0 Å². The van der Waals surface area contributed by atoms with E-state index in [1.807, 2.05) is 43.3 Å². The van der Waals surface area contributed by atoms with Gasteiger partial charge in [-0.3, -0.25) is 14.3 Å². The molecule has 7 nitrogen and oxygen atoms in total. The third-order valence-electron chi connectivity index (χ3n) is 5.69. The van der Waals surface area contributed by atoms with Crippen LogP contribution in [0.25, 0.3) is 0 Å². The first-order valence-corrected chi connectivity index (χ1v) is 12.6. The Hall–Kier alpha value is -2.58. The molecule has 1 saturated carbocycles. The highest BCUT2D eigenvalue weighted by atomic mass is 35.5. The number of hydrogen-bond acceptors (Lipinski definition) is 6. The molecule has 0 atom stereocenters. The number of carbonyl (C=O) groups excluding carboxylic acids is 1. The zero-order valence-corrected chi connectivity index (χ0v) is 20.2.